The smallest absolute Gasteiger partial charge is 0.382 e. The van der Waals surface area contributed by atoms with Crippen molar-refractivity contribution in [3.63, 3.8) is 0 Å². The number of nitrogen functional groups attached to an aromatic ring is 1. The lowest BCUT2D eigenvalue weighted by atomic mass is 10.1. The molecule has 3 saturated heterocycles. The van der Waals surface area contributed by atoms with E-state index in [4.69, 9.17) is 39.0 Å². The number of hydrogen-bond acceptors (Lipinski definition) is 14. The molecule has 0 bridgehead atoms. The van der Waals surface area contributed by atoms with Crippen molar-refractivity contribution in [3.8, 4) is 0 Å². The van der Waals surface area contributed by atoms with Gasteiger partial charge in [0, 0.05) is 0 Å². The van der Waals surface area contributed by atoms with Crippen LogP contribution in [-0.2, 0) is 32.1 Å². The van der Waals surface area contributed by atoms with E-state index in [9.17, 15) is 14.3 Å². The molecule has 44 heavy (non-hydrogen) atoms. The number of phosphoric acid groups is 1. The number of ether oxygens (including phenoxy) is 2. The highest BCUT2D eigenvalue weighted by Crippen LogP contribution is 2.51. The van der Waals surface area contributed by atoms with E-state index in [1.54, 1.807) is 0 Å². The molecular formula is C22H23F2N9O9P2. The molecule has 1 aromatic carbocycles. The second-order valence-corrected chi connectivity index (χ2v) is 12.1. The van der Waals surface area contributed by atoms with Crippen molar-refractivity contribution in [3.05, 3.63) is 36.4 Å². The lowest BCUT2D eigenvalue weighted by Crippen LogP contribution is -2.36. The topological polar surface area (TPSA) is 236 Å². The number of fused-ring (bicyclic) bond motifs is 4. The van der Waals surface area contributed by atoms with E-state index < -0.39 is 78.6 Å². The van der Waals surface area contributed by atoms with Crippen molar-refractivity contribution in [2.75, 3.05) is 18.9 Å². The minimum Gasteiger partial charge on any atom is -0.382 e. The Bertz CT molecular complexity index is 1780. The third-order valence-electron chi connectivity index (χ3n) is 7.35. The standard InChI is InChI=1S/C22H23F2N9O9P2/c23-12-16-11(39-21(12)32-7-29-15-18(25)27-6-28-20(15)32)5-38-44(35,36)42-17-10(4-37-43-41-16)40-22(13(17)24)33-9-3-1-2-8(19(26)34)14(9)30-31-33/h1-3,6-7,10-13,16-17,21-22,43H,4-5H2,(H2,26,34)(H,35,36)(H2,25,27,28)/t10-,11-,12-,13-,16-,17-,21-,22-/m1/s1. The third kappa shape index (κ3) is 5.01. The first-order chi connectivity index (χ1) is 21.1. The monoisotopic (exact) mass is 657 g/mol. The highest BCUT2D eigenvalue weighted by atomic mass is 31.2. The summed E-state index contributed by atoms with van der Waals surface area (Å²) in [7, 11) is -5.79. The molecule has 4 aromatic rings. The summed E-state index contributed by atoms with van der Waals surface area (Å²) in [6.07, 6.45) is -9.79. The summed E-state index contributed by atoms with van der Waals surface area (Å²) in [6, 6.07) is 4.45. The van der Waals surface area contributed by atoms with Gasteiger partial charge in [-0.15, -0.1) is 5.10 Å². The molecule has 2 unspecified atom stereocenters. The number of imidazole rings is 1. The van der Waals surface area contributed by atoms with Crippen LogP contribution in [0, 0.1) is 0 Å². The van der Waals surface area contributed by atoms with Crippen LogP contribution in [0.5, 0.6) is 0 Å². The van der Waals surface area contributed by atoms with Gasteiger partial charge in [0.25, 0.3) is 5.91 Å². The van der Waals surface area contributed by atoms with Crippen LogP contribution in [0.15, 0.2) is 30.9 Å². The van der Waals surface area contributed by atoms with E-state index in [0.29, 0.717) is 0 Å². The molecule has 5 N–H and O–H groups in total. The number of aromatic nitrogens is 7. The van der Waals surface area contributed by atoms with E-state index in [-0.39, 0.29) is 40.2 Å². The summed E-state index contributed by atoms with van der Waals surface area (Å²) in [5.41, 5.74) is 12.0. The SMILES string of the molecule is NC(=O)c1cccc2c1nnn2[C@@H]1O[C@@H]2COPO[C@H]3[C@@H](F)[C@H](n4cnc5c(N)ncnc54)O[C@@H]3COP(=O)(O)O[C@H]2[C@H]1F. The molecule has 10 atom stereocenters. The lowest BCUT2D eigenvalue weighted by Gasteiger charge is -2.25. The van der Waals surface area contributed by atoms with Gasteiger partial charge >= 0.3 is 7.82 Å². The van der Waals surface area contributed by atoms with Crippen LogP contribution >= 0.6 is 16.9 Å². The van der Waals surface area contributed by atoms with Crippen molar-refractivity contribution in [2.24, 2.45) is 5.73 Å². The lowest BCUT2D eigenvalue weighted by molar-refractivity contribution is -0.0595. The quantitative estimate of drug-likeness (QED) is 0.259. The molecule has 1 amide bonds. The van der Waals surface area contributed by atoms with Gasteiger partial charge in [-0.05, 0) is 12.1 Å². The molecule has 22 heteroatoms. The second-order valence-electron chi connectivity index (χ2n) is 9.98. The van der Waals surface area contributed by atoms with Crippen LogP contribution in [0.25, 0.3) is 22.2 Å². The minimum atomic E-state index is -5.01. The number of alkyl halides is 2. The van der Waals surface area contributed by atoms with Gasteiger partial charge in [-0.1, -0.05) is 11.3 Å². The number of carbonyl (C=O) groups excluding carboxylic acids is 1. The average molecular weight is 657 g/mol. The molecule has 0 saturated carbocycles. The Kier molecular flexibility index (Phi) is 7.51. The van der Waals surface area contributed by atoms with E-state index in [2.05, 4.69) is 25.3 Å². The summed E-state index contributed by atoms with van der Waals surface area (Å²) >= 11 is 0. The molecule has 3 aliphatic heterocycles. The van der Waals surface area contributed by atoms with Gasteiger partial charge in [-0.3, -0.25) is 18.4 Å². The number of nitrogens with two attached hydrogens (primary N) is 2. The number of nitrogens with zero attached hydrogens (tertiary/aromatic N) is 7. The fourth-order valence-corrected chi connectivity index (χ4v) is 6.96. The Hall–Kier alpha value is -3.32. The van der Waals surface area contributed by atoms with Crippen LogP contribution in [0.1, 0.15) is 22.8 Å². The number of halogens is 2. The summed E-state index contributed by atoms with van der Waals surface area (Å²) in [4.78, 5) is 34.4. The van der Waals surface area contributed by atoms with Gasteiger partial charge in [-0.2, -0.15) is 0 Å². The summed E-state index contributed by atoms with van der Waals surface area (Å²) < 4.78 is 80.2. The zero-order valence-corrected chi connectivity index (χ0v) is 24.0. The first-order valence-electron chi connectivity index (χ1n) is 13.0. The minimum absolute atomic E-state index is 0.0552. The summed E-state index contributed by atoms with van der Waals surface area (Å²) in [5.74, 6) is -0.688. The van der Waals surface area contributed by atoms with Crippen LogP contribution in [0.4, 0.5) is 14.6 Å². The van der Waals surface area contributed by atoms with Crippen molar-refractivity contribution in [1.82, 2.24) is 34.5 Å². The molecule has 0 radical (unpaired) electrons. The summed E-state index contributed by atoms with van der Waals surface area (Å²) in [5, 5.41) is 7.83. The molecule has 3 fully saturated rings. The number of benzene rings is 1. The Morgan fingerprint density at radius 3 is 2.66 bits per heavy atom. The zero-order valence-electron chi connectivity index (χ0n) is 22.1. The second kappa shape index (κ2) is 11.2. The van der Waals surface area contributed by atoms with E-state index in [0.717, 1.165) is 4.68 Å². The molecule has 6 heterocycles. The highest BCUT2D eigenvalue weighted by molar-refractivity contribution is 7.47. The van der Waals surface area contributed by atoms with E-state index in [1.165, 1.54) is 35.4 Å². The molecule has 0 aliphatic carbocycles. The van der Waals surface area contributed by atoms with Gasteiger partial charge in [0.15, 0.2) is 45.3 Å². The van der Waals surface area contributed by atoms with Crippen molar-refractivity contribution in [1.29, 1.82) is 0 Å². The molecule has 234 valence electrons. The van der Waals surface area contributed by atoms with Crippen LogP contribution in [0.2, 0.25) is 0 Å². The Morgan fingerprint density at radius 2 is 1.84 bits per heavy atom. The van der Waals surface area contributed by atoms with Crippen molar-refractivity contribution in [2.45, 2.75) is 49.2 Å². The number of phosphoric ester groups is 1. The van der Waals surface area contributed by atoms with Gasteiger partial charge in [-0.25, -0.2) is 33.0 Å². The maximum Gasteiger partial charge on any atom is 0.472 e. The Labute approximate surface area is 246 Å². The number of amides is 1. The normalized spacial score (nSPS) is 35.3. The molecule has 3 aliphatic rings. The number of carbonyl (C=O) groups is 1. The fourth-order valence-electron chi connectivity index (χ4n) is 5.31. The zero-order chi connectivity index (χ0) is 30.7. The molecular weight excluding hydrogens is 634 g/mol. The Balaban J connectivity index is 1.12. The maximum absolute atomic E-state index is 15.9. The summed E-state index contributed by atoms with van der Waals surface area (Å²) in [6.45, 7) is -1.06. The Morgan fingerprint density at radius 1 is 1.07 bits per heavy atom. The highest BCUT2D eigenvalue weighted by Gasteiger charge is 2.53. The fraction of sp³-hybridized carbons (Fsp3) is 0.455. The average Bonchev–Trinajstić information content (AvgIpc) is 3.75. The van der Waals surface area contributed by atoms with Crippen molar-refractivity contribution >= 4 is 50.8 Å². The van der Waals surface area contributed by atoms with E-state index in [1.807, 2.05) is 0 Å². The van der Waals surface area contributed by atoms with Crippen molar-refractivity contribution < 1.29 is 50.6 Å². The predicted octanol–water partition coefficient (Wildman–Crippen LogP) is 0.849. The third-order valence-corrected chi connectivity index (χ3v) is 8.99. The number of rotatable bonds is 3. The van der Waals surface area contributed by atoms with Gasteiger partial charge < -0.3 is 34.9 Å². The molecule has 7 rings (SSSR count). The van der Waals surface area contributed by atoms with Crippen LogP contribution in [-0.4, -0.2) is 95.3 Å². The predicted molar refractivity (Wildman–Crippen MR) is 143 cm³/mol. The van der Waals surface area contributed by atoms with Crippen LogP contribution < -0.4 is 11.5 Å². The number of anilines is 1. The number of hydrogen-bond donors (Lipinski definition) is 3. The van der Waals surface area contributed by atoms with E-state index >= 15 is 8.78 Å². The first kappa shape index (κ1) is 29.4. The first-order valence-corrected chi connectivity index (χ1v) is 15.3. The van der Waals surface area contributed by atoms with Gasteiger partial charge in [0.2, 0.25) is 0 Å². The number of primary amides is 1. The van der Waals surface area contributed by atoms with Gasteiger partial charge in [0.05, 0.1) is 30.6 Å². The molecule has 3 aromatic heterocycles. The largest absolute Gasteiger partial charge is 0.472 e. The molecule has 0 spiro atoms. The van der Waals surface area contributed by atoms with Crippen LogP contribution in [0.3, 0.4) is 0 Å². The van der Waals surface area contributed by atoms with Gasteiger partial charge in [0.1, 0.15) is 41.8 Å². The maximum atomic E-state index is 15.9. The molecule has 18 nitrogen and oxygen atoms in total.